The zero-order chi connectivity index (χ0) is 20.1. The lowest BCUT2D eigenvalue weighted by atomic mass is 9.84. The van der Waals surface area contributed by atoms with E-state index in [2.05, 4.69) is 0 Å². The number of hydrogen-bond donors (Lipinski definition) is 0. The molecule has 2 aromatic rings. The maximum Gasteiger partial charge on any atom is 0.315 e. The van der Waals surface area contributed by atoms with Gasteiger partial charge >= 0.3 is 5.97 Å². The minimum absolute atomic E-state index is 0.310. The molecule has 0 bridgehead atoms. The average Bonchev–Trinajstić information content (AvgIpc) is 3.26. The molecule has 3 rings (SSSR count). The van der Waals surface area contributed by atoms with Crippen LogP contribution in [0.3, 0.4) is 0 Å². The van der Waals surface area contributed by atoms with Gasteiger partial charge in [-0.05, 0) is 49.2 Å². The molecule has 1 fully saturated rings. The molecule has 2 aromatic carbocycles. The Morgan fingerprint density at radius 3 is 2.36 bits per heavy atom. The monoisotopic (exact) mass is 386 g/mol. The van der Waals surface area contributed by atoms with Crippen LogP contribution in [-0.2, 0) is 31.0 Å². The van der Waals surface area contributed by atoms with Crippen molar-refractivity contribution in [2.24, 2.45) is 0 Å². The van der Waals surface area contributed by atoms with Crippen molar-refractivity contribution in [1.29, 1.82) is 0 Å². The smallest absolute Gasteiger partial charge is 0.315 e. The van der Waals surface area contributed by atoms with Gasteiger partial charge in [0.1, 0.15) is 18.1 Å². The van der Waals surface area contributed by atoms with E-state index in [0.29, 0.717) is 25.6 Å². The van der Waals surface area contributed by atoms with Crippen LogP contribution in [0.4, 0.5) is 0 Å². The number of rotatable bonds is 7. The third-order valence-corrected chi connectivity index (χ3v) is 4.86. The van der Waals surface area contributed by atoms with Crippen molar-refractivity contribution >= 4 is 5.97 Å². The molecule has 150 valence electrons. The van der Waals surface area contributed by atoms with Crippen molar-refractivity contribution in [2.75, 3.05) is 27.4 Å². The molecule has 6 heteroatoms. The van der Waals surface area contributed by atoms with Crippen molar-refractivity contribution in [3.8, 4) is 11.5 Å². The van der Waals surface area contributed by atoms with Crippen LogP contribution in [0.15, 0.2) is 42.5 Å². The van der Waals surface area contributed by atoms with Gasteiger partial charge in [-0.25, -0.2) is 0 Å². The fraction of sp³-hybridized carbons (Fsp3) is 0.409. The summed E-state index contributed by atoms with van der Waals surface area (Å²) in [4.78, 5) is 12.2. The van der Waals surface area contributed by atoms with E-state index in [1.54, 1.807) is 7.11 Å². The minimum atomic E-state index is -0.803. The SMILES string of the molecule is COC(=O)C(C)(C)c1ccc(C2OCCO2)c(OCc2ccc(OC)cc2)c1. The van der Waals surface area contributed by atoms with Crippen LogP contribution in [0.1, 0.15) is 36.8 Å². The predicted molar refractivity (Wildman–Crippen MR) is 103 cm³/mol. The average molecular weight is 386 g/mol. The van der Waals surface area contributed by atoms with Gasteiger partial charge in [-0.1, -0.05) is 18.2 Å². The van der Waals surface area contributed by atoms with E-state index in [4.69, 9.17) is 23.7 Å². The Hall–Kier alpha value is -2.57. The summed E-state index contributed by atoms with van der Waals surface area (Å²) in [6.45, 7) is 5.09. The van der Waals surface area contributed by atoms with Gasteiger partial charge in [-0.15, -0.1) is 0 Å². The summed E-state index contributed by atoms with van der Waals surface area (Å²) in [5.74, 6) is 1.10. The van der Waals surface area contributed by atoms with Gasteiger partial charge in [0.25, 0.3) is 0 Å². The summed E-state index contributed by atoms with van der Waals surface area (Å²) in [5.41, 5.74) is 1.79. The van der Waals surface area contributed by atoms with Gasteiger partial charge in [0.05, 0.1) is 32.8 Å². The standard InChI is InChI=1S/C22H26O6/c1-22(2,21(23)25-4)16-7-10-18(20-26-11-12-27-20)19(13-16)28-14-15-5-8-17(24-3)9-6-15/h5-10,13,20H,11-12,14H2,1-4H3. The van der Waals surface area contributed by atoms with Crippen molar-refractivity contribution < 1.29 is 28.5 Å². The Morgan fingerprint density at radius 1 is 1.07 bits per heavy atom. The molecular formula is C22H26O6. The second kappa shape index (κ2) is 8.63. The highest BCUT2D eigenvalue weighted by Gasteiger charge is 2.32. The maximum atomic E-state index is 12.2. The Balaban J connectivity index is 1.88. The number of carbonyl (C=O) groups excluding carboxylic acids is 1. The quantitative estimate of drug-likeness (QED) is 0.675. The molecule has 0 amide bonds. The molecule has 1 saturated heterocycles. The molecule has 0 spiro atoms. The molecule has 0 N–H and O–H groups in total. The van der Waals surface area contributed by atoms with Crippen LogP contribution in [0.5, 0.6) is 11.5 Å². The van der Waals surface area contributed by atoms with E-state index in [1.807, 2.05) is 56.3 Å². The van der Waals surface area contributed by atoms with E-state index >= 15 is 0 Å². The van der Waals surface area contributed by atoms with Crippen LogP contribution in [-0.4, -0.2) is 33.4 Å². The van der Waals surface area contributed by atoms with Crippen LogP contribution < -0.4 is 9.47 Å². The highest BCUT2D eigenvalue weighted by Crippen LogP contribution is 2.36. The van der Waals surface area contributed by atoms with Gasteiger partial charge in [0.15, 0.2) is 6.29 Å². The molecule has 28 heavy (non-hydrogen) atoms. The molecule has 0 unspecified atom stereocenters. The van der Waals surface area contributed by atoms with Gasteiger partial charge in [0.2, 0.25) is 0 Å². The van der Waals surface area contributed by atoms with Gasteiger partial charge in [-0.3, -0.25) is 4.79 Å². The highest BCUT2D eigenvalue weighted by atomic mass is 16.7. The van der Waals surface area contributed by atoms with Crippen molar-refractivity contribution in [3.05, 3.63) is 59.2 Å². The first-order valence-corrected chi connectivity index (χ1v) is 9.17. The Bertz CT molecular complexity index is 806. The molecular weight excluding hydrogens is 360 g/mol. The van der Waals surface area contributed by atoms with Gasteiger partial charge in [0, 0.05) is 5.56 Å². The fourth-order valence-electron chi connectivity index (χ4n) is 3.04. The topological polar surface area (TPSA) is 63.2 Å². The maximum absolute atomic E-state index is 12.2. The number of methoxy groups -OCH3 is 2. The Labute approximate surface area is 165 Å². The summed E-state index contributed by atoms with van der Waals surface area (Å²) < 4.78 is 27.5. The summed E-state index contributed by atoms with van der Waals surface area (Å²) in [6.07, 6.45) is -0.471. The summed E-state index contributed by atoms with van der Waals surface area (Å²) in [6, 6.07) is 13.3. The number of esters is 1. The molecule has 0 radical (unpaired) electrons. The van der Waals surface area contributed by atoms with E-state index in [9.17, 15) is 4.79 Å². The molecule has 0 aliphatic carbocycles. The van der Waals surface area contributed by atoms with E-state index in [-0.39, 0.29) is 5.97 Å². The largest absolute Gasteiger partial charge is 0.497 e. The first kappa shape index (κ1) is 20.2. The molecule has 0 aromatic heterocycles. The first-order valence-electron chi connectivity index (χ1n) is 9.17. The zero-order valence-corrected chi connectivity index (χ0v) is 16.7. The second-order valence-electron chi connectivity index (χ2n) is 7.08. The molecule has 1 aliphatic heterocycles. The lowest BCUT2D eigenvalue weighted by Gasteiger charge is -2.24. The number of benzene rings is 2. The van der Waals surface area contributed by atoms with Crippen molar-refractivity contribution in [1.82, 2.24) is 0 Å². The number of hydrogen-bond acceptors (Lipinski definition) is 6. The van der Waals surface area contributed by atoms with Crippen LogP contribution >= 0.6 is 0 Å². The molecule has 6 nitrogen and oxygen atoms in total. The minimum Gasteiger partial charge on any atom is -0.497 e. The molecule has 1 aliphatic rings. The second-order valence-corrected chi connectivity index (χ2v) is 7.08. The fourth-order valence-corrected chi connectivity index (χ4v) is 3.04. The van der Waals surface area contributed by atoms with Crippen molar-refractivity contribution in [2.45, 2.75) is 32.2 Å². The normalized spacial score (nSPS) is 14.7. The van der Waals surface area contributed by atoms with Crippen LogP contribution in [0, 0.1) is 0 Å². The summed E-state index contributed by atoms with van der Waals surface area (Å²) in [5, 5.41) is 0. The third kappa shape index (κ3) is 4.29. The highest BCUT2D eigenvalue weighted by molar-refractivity contribution is 5.82. The third-order valence-electron chi connectivity index (χ3n) is 4.86. The number of ether oxygens (including phenoxy) is 5. The Morgan fingerprint density at radius 2 is 1.75 bits per heavy atom. The van der Waals surface area contributed by atoms with E-state index in [1.165, 1.54) is 7.11 Å². The lowest BCUT2D eigenvalue weighted by molar-refractivity contribution is -0.146. The van der Waals surface area contributed by atoms with Gasteiger partial charge < -0.3 is 23.7 Å². The molecule has 1 heterocycles. The van der Waals surface area contributed by atoms with Crippen molar-refractivity contribution in [3.63, 3.8) is 0 Å². The van der Waals surface area contributed by atoms with Crippen LogP contribution in [0.25, 0.3) is 0 Å². The number of carbonyl (C=O) groups is 1. The van der Waals surface area contributed by atoms with Crippen LogP contribution in [0.2, 0.25) is 0 Å². The van der Waals surface area contributed by atoms with E-state index < -0.39 is 11.7 Å². The molecule has 0 saturated carbocycles. The van der Waals surface area contributed by atoms with E-state index in [0.717, 1.165) is 22.4 Å². The lowest BCUT2D eigenvalue weighted by Crippen LogP contribution is -2.30. The molecule has 0 atom stereocenters. The summed E-state index contributed by atoms with van der Waals surface area (Å²) >= 11 is 0. The summed E-state index contributed by atoms with van der Waals surface area (Å²) in [7, 11) is 3.02. The Kier molecular flexibility index (Phi) is 6.21. The predicted octanol–water partition coefficient (Wildman–Crippen LogP) is 3.77. The zero-order valence-electron chi connectivity index (χ0n) is 16.7. The first-order chi connectivity index (χ1) is 13.5. The van der Waals surface area contributed by atoms with Gasteiger partial charge in [-0.2, -0.15) is 0 Å².